The SMILES string of the molecule is Cc1cc(N)cc(S(=O)(=O)NC2CCCS(=O)(=O)C2)c1F. The molecule has 6 nitrogen and oxygen atoms in total. The Labute approximate surface area is 123 Å². The molecule has 1 aliphatic rings. The number of benzene rings is 1. The summed E-state index contributed by atoms with van der Waals surface area (Å²) in [5, 5.41) is 0. The molecule has 0 spiro atoms. The third-order valence-electron chi connectivity index (χ3n) is 3.32. The van der Waals surface area contributed by atoms with Gasteiger partial charge in [-0.1, -0.05) is 0 Å². The lowest BCUT2D eigenvalue weighted by atomic mass is 10.2. The Kier molecular flexibility index (Phi) is 4.27. The van der Waals surface area contributed by atoms with Crippen molar-refractivity contribution in [3.8, 4) is 0 Å². The van der Waals surface area contributed by atoms with Crippen molar-refractivity contribution < 1.29 is 21.2 Å². The molecule has 1 heterocycles. The van der Waals surface area contributed by atoms with E-state index in [1.807, 2.05) is 0 Å². The zero-order valence-corrected chi connectivity index (χ0v) is 13.1. The Balaban J connectivity index is 2.31. The topological polar surface area (TPSA) is 106 Å². The average molecular weight is 336 g/mol. The fraction of sp³-hybridized carbons (Fsp3) is 0.500. The summed E-state index contributed by atoms with van der Waals surface area (Å²) in [6.07, 6.45) is 0.787. The van der Waals surface area contributed by atoms with Crippen LogP contribution >= 0.6 is 0 Å². The molecule has 3 N–H and O–H groups in total. The molecule has 1 unspecified atom stereocenters. The minimum absolute atomic E-state index is 0.0526. The number of hydrogen-bond acceptors (Lipinski definition) is 5. The van der Waals surface area contributed by atoms with Crippen molar-refractivity contribution in [1.82, 2.24) is 4.72 Å². The molecular formula is C12H17FN2O4S2. The van der Waals surface area contributed by atoms with Crippen molar-refractivity contribution in [3.63, 3.8) is 0 Å². The van der Waals surface area contributed by atoms with E-state index in [9.17, 15) is 21.2 Å². The van der Waals surface area contributed by atoms with E-state index in [1.165, 1.54) is 13.0 Å². The van der Waals surface area contributed by atoms with E-state index in [-0.39, 0.29) is 22.8 Å². The zero-order chi connectivity index (χ0) is 15.8. The van der Waals surface area contributed by atoms with E-state index in [2.05, 4.69) is 4.72 Å². The Morgan fingerprint density at radius 3 is 2.67 bits per heavy atom. The van der Waals surface area contributed by atoms with Crippen LogP contribution in [0.4, 0.5) is 10.1 Å². The van der Waals surface area contributed by atoms with Gasteiger partial charge in [0.15, 0.2) is 9.84 Å². The maximum absolute atomic E-state index is 14.0. The Morgan fingerprint density at radius 2 is 2.05 bits per heavy atom. The van der Waals surface area contributed by atoms with Crippen molar-refractivity contribution in [2.45, 2.75) is 30.7 Å². The molecule has 0 aliphatic carbocycles. The Hall–Kier alpha value is -1.19. The predicted octanol–water partition coefficient (Wildman–Crippen LogP) is 0.572. The summed E-state index contributed by atoms with van der Waals surface area (Å²) in [5.74, 6) is -1.10. The van der Waals surface area contributed by atoms with Crippen molar-refractivity contribution in [2.75, 3.05) is 17.2 Å². The molecule has 1 saturated heterocycles. The number of rotatable bonds is 3. The first kappa shape index (κ1) is 16.2. The van der Waals surface area contributed by atoms with Gasteiger partial charge in [0.25, 0.3) is 0 Å². The van der Waals surface area contributed by atoms with Gasteiger partial charge < -0.3 is 5.73 Å². The second-order valence-electron chi connectivity index (χ2n) is 5.22. The summed E-state index contributed by atoms with van der Waals surface area (Å²) in [6.45, 7) is 1.41. The molecule has 2 rings (SSSR count). The zero-order valence-electron chi connectivity index (χ0n) is 11.5. The lowest BCUT2D eigenvalue weighted by Gasteiger charge is -2.23. The van der Waals surface area contributed by atoms with Gasteiger partial charge in [-0.05, 0) is 37.5 Å². The van der Waals surface area contributed by atoms with E-state index < -0.39 is 36.6 Å². The molecule has 0 aromatic heterocycles. The first-order valence-corrected chi connectivity index (χ1v) is 9.69. The van der Waals surface area contributed by atoms with Crippen LogP contribution < -0.4 is 10.5 Å². The van der Waals surface area contributed by atoms with Gasteiger partial charge >= 0.3 is 0 Å². The van der Waals surface area contributed by atoms with Gasteiger partial charge in [0.2, 0.25) is 10.0 Å². The Morgan fingerprint density at radius 1 is 1.38 bits per heavy atom. The average Bonchev–Trinajstić information content (AvgIpc) is 2.31. The smallest absolute Gasteiger partial charge is 0.243 e. The van der Waals surface area contributed by atoms with E-state index in [0.717, 1.165) is 6.07 Å². The number of hydrogen-bond donors (Lipinski definition) is 2. The van der Waals surface area contributed by atoms with Gasteiger partial charge in [0.1, 0.15) is 10.7 Å². The first-order chi connectivity index (χ1) is 9.61. The normalized spacial score (nSPS) is 22.1. The highest BCUT2D eigenvalue weighted by atomic mass is 32.2. The highest BCUT2D eigenvalue weighted by Crippen LogP contribution is 2.23. The van der Waals surface area contributed by atoms with E-state index >= 15 is 0 Å². The quantitative estimate of drug-likeness (QED) is 0.785. The van der Waals surface area contributed by atoms with Gasteiger partial charge in [0.05, 0.1) is 11.5 Å². The highest BCUT2D eigenvalue weighted by Gasteiger charge is 2.30. The Bertz CT molecular complexity index is 760. The second-order valence-corrected chi connectivity index (χ2v) is 9.14. The summed E-state index contributed by atoms with van der Waals surface area (Å²) in [5.41, 5.74) is 5.79. The summed E-state index contributed by atoms with van der Waals surface area (Å²) in [6, 6.07) is 1.62. The molecule has 1 aliphatic heterocycles. The van der Waals surface area contributed by atoms with E-state index in [0.29, 0.717) is 12.8 Å². The van der Waals surface area contributed by atoms with Crippen molar-refractivity contribution in [2.24, 2.45) is 0 Å². The minimum atomic E-state index is -4.16. The van der Waals surface area contributed by atoms with Crippen LogP contribution in [-0.2, 0) is 19.9 Å². The van der Waals surface area contributed by atoms with Crippen LogP contribution in [0.5, 0.6) is 0 Å². The second kappa shape index (κ2) is 5.54. The van der Waals surface area contributed by atoms with Crippen LogP contribution in [0.1, 0.15) is 18.4 Å². The van der Waals surface area contributed by atoms with Gasteiger partial charge in [-0.3, -0.25) is 0 Å². The number of halogens is 1. The molecule has 0 saturated carbocycles. The maximum Gasteiger partial charge on any atom is 0.243 e. The minimum Gasteiger partial charge on any atom is -0.399 e. The first-order valence-electron chi connectivity index (χ1n) is 6.39. The van der Waals surface area contributed by atoms with Crippen LogP contribution in [0, 0.1) is 12.7 Å². The summed E-state index contributed by atoms with van der Waals surface area (Å²) in [4.78, 5) is -0.553. The number of aryl methyl sites for hydroxylation is 1. The molecule has 0 bridgehead atoms. The highest BCUT2D eigenvalue weighted by molar-refractivity contribution is 7.91. The third kappa shape index (κ3) is 3.72. The molecule has 1 aromatic carbocycles. The molecule has 21 heavy (non-hydrogen) atoms. The molecular weight excluding hydrogens is 319 g/mol. The van der Waals surface area contributed by atoms with Crippen LogP contribution in [-0.4, -0.2) is 34.4 Å². The lowest BCUT2D eigenvalue weighted by molar-refractivity contribution is 0.511. The van der Waals surface area contributed by atoms with E-state index in [1.54, 1.807) is 0 Å². The summed E-state index contributed by atoms with van der Waals surface area (Å²) in [7, 11) is -7.41. The van der Waals surface area contributed by atoms with Gasteiger partial charge in [-0.2, -0.15) is 0 Å². The fourth-order valence-corrected chi connectivity index (χ4v) is 5.56. The molecule has 118 valence electrons. The molecule has 1 atom stereocenters. The van der Waals surface area contributed by atoms with Gasteiger partial charge in [-0.25, -0.2) is 25.9 Å². The largest absolute Gasteiger partial charge is 0.399 e. The van der Waals surface area contributed by atoms with Crippen LogP contribution in [0.2, 0.25) is 0 Å². The number of sulfonamides is 1. The summed E-state index contributed by atoms with van der Waals surface area (Å²) >= 11 is 0. The molecule has 0 radical (unpaired) electrons. The summed E-state index contributed by atoms with van der Waals surface area (Å²) < 4.78 is 63.8. The van der Waals surface area contributed by atoms with Crippen molar-refractivity contribution in [3.05, 3.63) is 23.5 Å². The number of nitrogens with one attached hydrogen (secondary N) is 1. The molecule has 9 heteroatoms. The van der Waals surface area contributed by atoms with Crippen LogP contribution in [0.3, 0.4) is 0 Å². The number of nitrogens with two attached hydrogens (primary N) is 1. The monoisotopic (exact) mass is 336 g/mol. The molecule has 1 aromatic rings. The van der Waals surface area contributed by atoms with E-state index in [4.69, 9.17) is 5.73 Å². The maximum atomic E-state index is 14.0. The van der Waals surface area contributed by atoms with Crippen LogP contribution in [0.15, 0.2) is 17.0 Å². The number of anilines is 1. The van der Waals surface area contributed by atoms with Gasteiger partial charge in [-0.15, -0.1) is 0 Å². The number of sulfone groups is 1. The van der Waals surface area contributed by atoms with Crippen LogP contribution in [0.25, 0.3) is 0 Å². The lowest BCUT2D eigenvalue weighted by Crippen LogP contribution is -2.43. The number of nitrogen functional groups attached to an aromatic ring is 1. The fourth-order valence-electron chi connectivity index (χ4n) is 2.36. The predicted molar refractivity (Wildman–Crippen MR) is 77.5 cm³/mol. The van der Waals surface area contributed by atoms with Crippen molar-refractivity contribution >= 4 is 25.5 Å². The van der Waals surface area contributed by atoms with Crippen molar-refractivity contribution in [1.29, 1.82) is 0 Å². The molecule has 0 amide bonds. The third-order valence-corrected chi connectivity index (χ3v) is 6.66. The molecule has 1 fully saturated rings. The van der Waals surface area contributed by atoms with Gasteiger partial charge in [0, 0.05) is 11.7 Å². The standard InChI is InChI=1S/C12H17FN2O4S2/c1-8-5-9(14)6-11(12(8)13)21(18,19)15-10-3-2-4-20(16,17)7-10/h5-6,10,15H,2-4,7,14H2,1H3.